The van der Waals surface area contributed by atoms with E-state index in [1.165, 1.54) is 24.4 Å². The van der Waals surface area contributed by atoms with Crippen molar-refractivity contribution in [3.05, 3.63) is 89.9 Å². The van der Waals surface area contributed by atoms with Crippen LogP contribution in [0.25, 0.3) is 5.57 Å². The molecule has 0 fully saturated rings. The summed E-state index contributed by atoms with van der Waals surface area (Å²) in [6.45, 7) is 0.512. The van der Waals surface area contributed by atoms with Crippen molar-refractivity contribution in [2.24, 2.45) is 0 Å². The number of nitrogens with zero attached hydrogens (tertiary/aromatic N) is 2. The Hall–Kier alpha value is -3.74. The number of anilines is 3. The van der Waals surface area contributed by atoms with E-state index in [9.17, 15) is 13.6 Å². The van der Waals surface area contributed by atoms with Crippen LogP contribution < -0.4 is 15.5 Å². The number of hydrogen-bond acceptors (Lipinski definition) is 4. The van der Waals surface area contributed by atoms with Crippen LogP contribution in [0.3, 0.4) is 0 Å². The highest BCUT2D eigenvalue weighted by Crippen LogP contribution is 2.33. The normalized spacial score (nSPS) is 13.9. The average molecular weight is 392 g/mol. The van der Waals surface area contributed by atoms with Gasteiger partial charge in [-0.05, 0) is 42.0 Å². The van der Waals surface area contributed by atoms with Gasteiger partial charge in [-0.3, -0.25) is 9.78 Å². The standard InChI is InChI=1S/C22H18F2N4O/c1-28(13-14-4-3-9-25-11-14)20-8-7-15(10-18(20)24)26-12-16-21-17(23)5-2-6-19(21)27-22(16)29/h2-12,26H,13H2,1H3,(H,27,29)/b16-12-. The predicted molar refractivity (Wildman–Crippen MR) is 109 cm³/mol. The van der Waals surface area contributed by atoms with E-state index in [1.807, 2.05) is 12.1 Å². The molecule has 0 saturated carbocycles. The molecule has 1 amide bonds. The highest BCUT2D eigenvalue weighted by Gasteiger charge is 2.27. The summed E-state index contributed by atoms with van der Waals surface area (Å²) in [5.74, 6) is -1.32. The van der Waals surface area contributed by atoms with Crippen molar-refractivity contribution in [2.45, 2.75) is 6.54 Å². The minimum atomic E-state index is -0.493. The lowest BCUT2D eigenvalue weighted by atomic mass is 10.1. The molecule has 4 rings (SSSR count). The van der Waals surface area contributed by atoms with Gasteiger partial charge in [-0.1, -0.05) is 12.1 Å². The third-order valence-electron chi connectivity index (χ3n) is 4.66. The Morgan fingerprint density at radius 1 is 1.14 bits per heavy atom. The molecule has 0 aliphatic carbocycles. The molecule has 7 heteroatoms. The van der Waals surface area contributed by atoms with Crippen LogP contribution in [0.4, 0.5) is 25.8 Å². The minimum Gasteiger partial charge on any atom is -0.368 e. The Morgan fingerprint density at radius 3 is 2.76 bits per heavy atom. The van der Waals surface area contributed by atoms with Gasteiger partial charge < -0.3 is 15.5 Å². The molecule has 0 atom stereocenters. The lowest BCUT2D eigenvalue weighted by Crippen LogP contribution is -2.17. The molecule has 1 aliphatic heterocycles. The largest absolute Gasteiger partial charge is 0.368 e. The number of hydrogen-bond donors (Lipinski definition) is 2. The maximum Gasteiger partial charge on any atom is 0.257 e. The summed E-state index contributed by atoms with van der Waals surface area (Å²) < 4.78 is 28.7. The van der Waals surface area contributed by atoms with Gasteiger partial charge in [0, 0.05) is 43.4 Å². The molecule has 0 spiro atoms. The zero-order chi connectivity index (χ0) is 20.4. The molecule has 3 aromatic rings. The molecule has 2 aromatic carbocycles. The topological polar surface area (TPSA) is 57.3 Å². The molecular weight excluding hydrogens is 374 g/mol. The lowest BCUT2D eigenvalue weighted by molar-refractivity contribution is -0.110. The van der Waals surface area contributed by atoms with Crippen LogP contribution in [0.5, 0.6) is 0 Å². The molecule has 0 unspecified atom stereocenters. The SMILES string of the molecule is CN(Cc1cccnc1)c1ccc(N/C=C2\C(=O)Nc3cccc(F)c32)cc1F. The molecule has 5 nitrogen and oxygen atoms in total. The highest BCUT2D eigenvalue weighted by atomic mass is 19.1. The first kappa shape index (κ1) is 18.6. The number of benzene rings is 2. The molecule has 2 N–H and O–H groups in total. The fraction of sp³-hybridized carbons (Fsp3) is 0.0909. The van der Waals surface area contributed by atoms with Crippen LogP contribution in [0.2, 0.25) is 0 Å². The van der Waals surface area contributed by atoms with E-state index in [0.717, 1.165) is 5.56 Å². The average Bonchev–Trinajstić information content (AvgIpc) is 3.03. The van der Waals surface area contributed by atoms with Crippen molar-refractivity contribution in [1.82, 2.24) is 4.98 Å². The van der Waals surface area contributed by atoms with Crippen molar-refractivity contribution in [1.29, 1.82) is 0 Å². The zero-order valence-corrected chi connectivity index (χ0v) is 15.6. The fourth-order valence-corrected chi connectivity index (χ4v) is 3.26. The van der Waals surface area contributed by atoms with Crippen molar-refractivity contribution >= 4 is 28.5 Å². The maximum absolute atomic E-state index is 14.6. The molecule has 1 aliphatic rings. The molecule has 0 radical (unpaired) electrons. The summed E-state index contributed by atoms with van der Waals surface area (Å²) in [5.41, 5.74) is 2.64. The molecule has 0 bridgehead atoms. The Kier molecular flexibility index (Phi) is 4.95. The van der Waals surface area contributed by atoms with E-state index in [2.05, 4.69) is 15.6 Å². The van der Waals surface area contributed by atoms with Gasteiger partial charge in [0.1, 0.15) is 11.6 Å². The summed E-state index contributed by atoms with van der Waals surface area (Å²) in [6, 6.07) is 12.9. The quantitative estimate of drug-likeness (QED) is 0.632. The van der Waals surface area contributed by atoms with Crippen LogP contribution in [0.1, 0.15) is 11.1 Å². The van der Waals surface area contributed by atoms with Crippen LogP contribution >= 0.6 is 0 Å². The van der Waals surface area contributed by atoms with Crippen LogP contribution in [0, 0.1) is 11.6 Å². The highest BCUT2D eigenvalue weighted by molar-refractivity contribution is 6.31. The van der Waals surface area contributed by atoms with E-state index in [1.54, 1.807) is 42.5 Å². The number of rotatable bonds is 5. The second-order valence-corrected chi connectivity index (χ2v) is 6.70. The first-order valence-electron chi connectivity index (χ1n) is 8.99. The Morgan fingerprint density at radius 2 is 2.00 bits per heavy atom. The predicted octanol–water partition coefficient (Wildman–Crippen LogP) is 4.40. The number of nitrogens with one attached hydrogen (secondary N) is 2. The Bertz CT molecular complexity index is 1100. The minimum absolute atomic E-state index is 0.163. The van der Waals surface area contributed by atoms with Gasteiger partial charge in [0.25, 0.3) is 5.91 Å². The van der Waals surface area contributed by atoms with Crippen molar-refractivity contribution in [3.63, 3.8) is 0 Å². The molecule has 0 saturated heterocycles. The second kappa shape index (κ2) is 7.71. The van der Waals surface area contributed by atoms with Crippen molar-refractivity contribution < 1.29 is 13.6 Å². The number of amides is 1. The summed E-state index contributed by atoms with van der Waals surface area (Å²) >= 11 is 0. The first-order chi connectivity index (χ1) is 14.0. The summed E-state index contributed by atoms with van der Waals surface area (Å²) in [6.07, 6.45) is 4.81. The van der Waals surface area contributed by atoms with Crippen molar-refractivity contribution in [3.8, 4) is 0 Å². The van der Waals surface area contributed by atoms with E-state index in [-0.39, 0.29) is 11.1 Å². The number of fused-ring (bicyclic) bond motifs is 1. The number of pyridine rings is 1. The third-order valence-corrected chi connectivity index (χ3v) is 4.66. The van der Waals surface area contributed by atoms with E-state index >= 15 is 0 Å². The van der Waals surface area contributed by atoms with Gasteiger partial charge in [0.15, 0.2) is 0 Å². The van der Waals surface area contributed by atoms with Gasteiger partial charge in [-0.25, -0.2) is 8.78 Å². The Balaban J connectivity index is 1.52. The molecule has 1 aromatic heterocycles. The number of carbonyl (C=O) groups excluding carboxylic acids is 1. The monoisotopic (exact) mass is 392 g/mol. The number of carbonyl (C=O) groups is 1. The molecule has 2 heterocycles. The van der Waals surface area contributed by atoms with Gasteiger partial charge in [0.05, 0.1) is 16.9 Å². The first-order valence-corrected chi connectivity index (χ1v) is 8.99. The fourth-order valence-electron chi connectivity index (χ4n) is 3.26. The van der Waals surface area contributed by atoms with E-state index in [4.69, 9.17) is 0 Å². The van der Waals surface area contributed by atoms with E-state index in [0.29, 0.717) is 23.6 Å². The van der Waals surface area contributed by atoms with Gasteiger partial charge in [-0.2, -0.15) is 0 Å². The molecule has 29 heavy (non-hydrogen) atoms. The second-order valence-electron chi connectivity index (χ2n) is 6.70. The number of aromatic nitrogens is 1. The van der Waals surface area contributed by atoms with Crippen LogP contribution in [0.15, 0.2) is 67.1 Å². The van der Waals surface area contributed by atoms with Crippen LogP contribution in [-0.2, 0) is 11.3 Å². The van der Waals surface area contributed by atoms with Crippen LogP contribution in [-0.4, -0.2) is 17.9 Å². The summed E-state index contributed by atoms with van der Waals surface area (Å²) in [7, 11) is 1.79. The smallest absolute Gasteiger partial charge is 0.257 e. The lowest BCUT2D eigenvalue weighted by Gasteiger charge is -2.20. The van der Waals surface area contributed by atoms with Gasteiger partial charge in [-0.15, -0.1) is 0 Å². The Labute approximate surface area is 166 Å². The molecule has 146 valence electrons. The zero-order valence-electron chi connectivity index (χ0n) is 15.6. The summed E-state index contributed by atoms with van der Waals surface area (Å²) in [4.78, 5) is 18.0. The van der Waals surface area contributed by atoms with Gasteiger partial charge >= 0.3 is 0 Å². The van der Waals surface area contributed by atoms with Crippen molar-refractivity contribution in [2.75, 3.05) is 22.6 Å². The maximum atomic E-state index is 14.6. The van der Waals surface area contributed by atoms with Gasteiger partial charge in [0.2, 0.25) is 0 Å². The number of halogens is 2. The third kappa shape index (κ3) is 3.80. The summed E-state index contributed by atoms with van der Waals surface area (Å²) in [5, 5.41) is 5.49. The molecular formula is C22H18F2N4O. The van der Waals surface area contributed by atoms with E-state index < -0.39 is 17.5 Å².